The van der Waals surface area contributed by atoms with E-state index in [9.17, 15) is 13.5 Å². The van der Waals surface area contributed by atoms with Crippen LogP contribution in [-0.4, -0.2) is 70.4 Å². The molecule has 0 amide bonds. The lowest BCUT2D eigenvalue weighted by molar-refractivity contribution is 0.154. The van der Waals surface area contributed by atoms with Crippen LogP contribution in [0.25, 0.3) is 0 Å². The standard InChI is InChI=1S/C19H33N3O5S.HI/c1-5-20-19(21-10-11-26-12-13-28(4,24)25)22-14-18(23)16-6-8-17(9-7-16)27-15(2)3;/h6-9,15,18,23H,5,10-14H2,1-4H3,(H2,20,21,22);1H. The van der Waals surface area contributed by atoms with E-state index in [4.69, 9.17) is 9.47 Å². The fourth-order valence-electron chi connectivity index (χ4n) is 2.22. The Labute approximate surface area is 191 Å². The van der Waals surface area contributed by atoms with Crippen molar-refractivity contribution < 1.29 is 23.0 Å². The van der Waals surface area contributed by atoms with E-state index in [-0.39, 0.29) is 49.0 Å². The molecule has 0 aromatic heterocycles. The summed E-state index contributed by atoms with van der Waals surface area (Å²) in [6.45, 7) is 7.76. The molecule has 0 bridgehead atoms. The number of sulfone groups is 1. The van der Waals surface area contributed by atoms with E-state index in [0.29, 0.717) is 25.7 Å². The van der Waals surface area contributed by atoms with Gasteiger partial charge in [-0.1, -0.05) is 12.1 Å². The maximum absolute atomic E-state index is 11.0. The average molecular weight is 543 g/mol. The summed E-state index contributed by atoms with van der Waals surface area (Å²) in [5, 5.41) is 16.5. The minimum absolute atomic E-state index is 0. The Morgan fingerprint density at radius 1 is 1.17 bits per heavy atom. The molecule has 1 aromatic carbocycles. The van der Waals surface area contributed by atoms with Crippen molar-refractivity contribution in [1.82, 2.24) is 10.6 Å². The normalized spacial score (nSPS) is 13.0. The topological polar surface area (TPSA) is 109 Å². The van der Waals surface area contributed by atoms with Crippen molar-refractivity contribution in [3.05, 3.63) is 29.8 Å². The molecule has 10 heteroatoms. The third kappa shape index (κ3) is 13.7. The highest BCUT2D eigenvalue weighted by Crippen LogP contribution is 2.19. The molecule has 0 saturated carbocycles. The Morgan fingerprint density at radius 3 is 2.38 bits per heavy atom. The molecule has 0 aliphatic rings. The summed E-state index contributed by atoms with van der Waals surface area (Å²) in [5.41, 5.74) is 0.764. The molecular weight excluding hydrogens is 509 g/mol. The van der Waals surface area contributed by atoms with Gasteiger partial charge in [-0.2, -0.15) is 0 Å². The number of nitrogens with zero attached hydrogens (tertiary/aromatic N) is 1. The SMILES string of the molecule is CCNC(=NCC(O)c1ccc(OC(C)C)cc1)NCCOCCS(C)(=O)=O.I. The summed E-state index contributed by atoms with van der Waals surface area (Å²) < 4.78 is 32.9. The molecule has 1 aromatic rings. The number of benzene rings is 1. The lowest BCUT2D eigenvalue weighted by Crippen LogP contribution is -2.39. The minimum atomic E-state index is -3.01. The van der Waals surface area contributed by atoms with E-state index in [1.165, 1.54) is 6.26 Å². The van der Waals surface area contributed by atoms with Crippen LogP contribution in [0.5, 0.6) is 5.75 Å². The van der Waals surface area contributed by atoms with Gasteiger partial charge in [0.1, 0.15) is 15.6 Å². The second kappa shape index (κ2) is 14.8. The zero-order valence-corrected chi connectivity index (χ0v) is 20.7. The zero-order chi connectivity index (χ0) is 21.0. The van der Waals surface area contributed by atoms with Gasteiger partial charge in [-0.25, -0.2) is 8.42 Å². The average Bonchev–Trinajstić information content (AvgIpc) is 2.61. The van der Waals surface area contributed by atoms with Crippen molar-refractivity contribution in [3.63, 3.8) is 0 Å². The molecule has 168 valence electrons. The highest BCUT2D eigenvalue weighted by Gasteiger charge is 2.08. The molecule has 3 N–H and O–H groups in total. The number of halogens is 1. The third-order valence-electron chi connectivity index (χ3n) is 3.54. The Bertz CT molecular complexity index is 696. The predicted octanol–water partition coefficient (Wildman–Crippen LogP) is 1.74. The van der Waals surface area contributed by atoms with E-state index in [1.54, 1.807) is 0 Å². The lowest BCUT2D eigenvalue weighted by atomic mass is 10.1. The Morgan fingerprint density at radius 2 is 1.83 bits per heavy atom. The smallest absolute Gasteiger partial charge is 0.191 e. The van der Waals surface area contributed by atoms with Gasteiger partial charge >= 0.3 is 0 Å². The monoisotopic (exact) mass is 543 g/mol. The molecule has 0 saturated heterocycles. The van der Waals surface area contributed by atoms with Gasteiger partial charge in [0.2, 0.25) is 0 Å². The minimum Gasteiger partial charge on any atom is -0.491 e. The fourth-order valence-corrected chi connectivity index (χ4v) is 2.64. The maximum atomic E-state index is 11.0. The summed E-state index contributed by atoms with van der Waals surface area (Å²) in [6.07, 6.45) is 0.555. The van der Waals surface area contributed by atoms with Gasteiger partial charge < -0.3 is 25.2 Å². The number of hydrogen-bond acceptors (Lipinski definition) is 6. The first kappa shape index (κ1) is 27.9. The van der Waals surface area contributed by atoms with E-state index >= 15 is 0 Å². The van der Waals surface area contributed by atoms with Crippen LogP contribution in [0.3, 0.4) is 0 Å². The quantitative estimate of drug-likeness (QED) is 0.160. The van der Waals surface area contributed by atoms with Crippen LogP contribution in [0.15, 0.2) is 29.3 Å². The Kier molecular flexibility index (Phi) is 14.2. The van der Waals surface area contributed by atoms with Crippen molar-refractivity contribution in [3.8, 4) is 5.75 Å². The number of aliphatic hydroxyl groups is 1. The summed E-state index contributed by atoms with van der Waals surface area (Å²) in [7, 11) is -3.01. The molecule has 0 heterocycles. The van der Waals surface area contributed by atoms with Crippen molar-refractivity contribution >= 4 is 39.8 Å². The van der Waals surface area contributed by atoms with Crippen LogP contribution in [0, 0.1) is 0 Å². The molecule has 8 nitrogen and oxygen atoms in total. The van der Waals surface area contributed by atoms with Crippen LogP contribution in [0.2, 0.25) is 0 Å². The lowest BCUT2D eigenvalue weighted by Gasteiger charge is -2.14. The number of rotatable bonds is 12. The van der Waals surface area contributed by atoms with Gasteiger partial charge in [-0.05, 0) is 38.5 Å². The first-order valence-electron chi connectivity index (χ1n) is 9.43. The first-order chi connectivity index (χ1) is 13.2. The Hall–Kier alpha value is -1.11. The third-order valence-corrected chi connectivity index (χ3v) is 4.45. The van der Waals surface area contributed by atoms with Gasteiger partial charge in [0.25, 0.3) is 0 Å². The van der Waals surface area contributed by atoms with Crippen LogP contribution in [0.1, 0.15) is 32.4 Å². The molecule has 0 radical (unpaired) electrons. The molecule has 0 aliphatic heterocycles. The Balaban J connectivity index is 0.00000784. The highest BCUT2D eigenvalue weighted by molar-refractivity contribution is 14.0. The number of nitrogens with one attached hydrogen (secondary N) is 2. The highest BCUT2D eigenvalue weighted by atomic mass is 127. The van der Waals surface area contributed by atoms with Crippen molar-refractivity contribution in [1.29, 1.82) is 0 Å². The van der Waals surface area contributed by atoms with Gasteiger partial charge in [0, 0.05) is 19.3 Å². The second-order valence-corrected chi connectivity index (χ2v) is 8.90. The summed E-state index contributed by atoms with van der Waals surface area (Å²) in [6, 6.07) is 7.32. The van der Waals surface area contributed by atoms with Crippen LogP contribution >= 0.6 is 24.0 Å². The van der Waals surface area contributed by atoms with Crippen LogP contribution < -0.4 is 15.4 Å². The summed E-state index contributed by atoms with van der Waals surface area (Å²) in [4.78, 5) is 4.38. The molecule has 0 spiro atoms. The molecule has 0 aliphatic carbocycles. The predicted molar refractivity (Wildman–Crippen MR) is 127 cm³/mol. The number of hydrogen-bond donors (Lipinski definition) is 3. The van der Waals surface area contributed by atoms with Gasteiger partial charge in [0.15, 0.2) is 5.96 Å². The molecule has 29 heavy (non-hydrogen) atoms. The number of aliphatic hydroxyl groups excluding tert-OH is 1. The van der Waals surface area contributed by atoms with E-state index in [1.807, 2.05) is 45.0 Å². The molecule has 1 rings (SSSR count). The molecule has 1 unspecified atom stereocenters. The number of aliphatic imine (C=N–C) groups is 1. The number of guanidine groups is 1. The first-order valence-corrected chi connectivity index (χ1v) is 11.5. The van der Waals surface area contributed by atoms with E-state index in [2.05, 4.69) is 15.6 Å². The fraction of sp³-hybridized carbons (Fsp3) is 0.632. The summed E-state index contributed by atoms with van der Waals surface area (Å²) >= 11 is 0. The summed E-state index contributed by atoms with van der Waals surface area (Å²) in [5.74, 6) is 1.34. The van der Waals surface area contributed by atoms with Crippen molar-refractivity contribution in [2.45, 2.75) is 33.0 Å². The van der Waals surface area contributed by atoms with Gasteiger partial charge in [-0.15, -0.1) is 24.0 Å². The zero-order valence-electron chi connectivity index (χ0n) is 17.6. The molecular formula is C19H34IN3O5S. The molecule has 1 atom stereocenters. The second-order valence-electron chi connectivity index (χ2n) is 6.64. The van der Waals surface area contributed by atoms with Gasteiger partial charge in [0.05, 0.1) is 37.7 Å². The van der Waals surface area contributed by atoms with Crippen molar-refractivity contribution in [2.75, 3.05) is 44.9 Å². The molecule has 0 fully saturated rings. The van der Waals surface area contributed by atoms with Crippen LogP contribution in [0.4, 0.5) is 0 Å². The maximum Gasteiger partial charge on any atom is 0.191 e. The van der Waals surface area contributed by atoms with Crippen LogP contribution in [-0.2, 0) is 14.6 Å². The van der Waals surface area contributed by atoms with Gasteiger partial charge in [-0.3, -0.25) is 4.99 Å². The van der Waals surface area contributed by atoms with E-state index < -0.39 is 15.9 Å². The number of ether oxygens (including phenoxy) is 2. The van der Waals surface area contributed by atoms with E-state index in [0.717, 1.165) is 11.3 Å². The largest absolute Gasteiger partial charge is 0.491 e. The van der Waals surface area contributed by atoms with Crippen molar-refractivity contribution in [2.24, 2.45) is 4.99 Å².